The molecule has 0 unspecified atom stereocenters. The van der Waals surface area contributed by atoms with Crippen molar-refractivity contribution in [1.29, 1.82) is 0 Å². The number of phenols is 1. The molecule has 0 spiro atoms. The van der Waals surface area contributed by atoms with Crippen molar-refractivity contribution in [2.75, 3.05) is 12.4 Å². The molecular formula is C17H15BrN2O4. The number of aromatic hydroxyl groups is 1. The molecule has 1 atom stereocenters. The number of carbonyl (C=O) groups excluding carboxylic acids is 1. The van der Waals surface area contributed by atoms with Crippen molar-refractivity contribution in [2.45, 2.75) is 12.5 Å². The van der Waals surface area contributed by atoms with Crippen LogP contribution in [0.2, 0.25) is 0 Å². The lowest BCUT2D eigenvalue weighted by Crippen LogP contribution is -2.28. The number of ether oxygens (including phenoxy) is 1. The van der Waals surface area contributed by atoms with Crippen LogP contribution in [0, 0.1) is 0 Å². The van der Waals surface area contributed by atoms with Crippen molar-refractivity contribution < 1.29 is 19.5 Å². The summed E-state index contributed by atoms with van der Waals surface area (Å²) >= 11 is 3.30. The van der Waals surface area contributed by atoms with E-state index < -0.39 is 6.10 Å². The second kappa shape index (κ2) is 6.92. The van der Waals surface area contributed by atoms with Gasteiger partial charge in [-0.1, -0.05) is 33.2 Å². The highest BCUT2D eigenvalue weighted by Crippen LogP contribution is 2.28. The zero-order valence-electron chi connectivity index (χ0n) is 12.8. The molecule has 0 saturated carbocycles. The first kappa shape index (κ1) is 16.3. The van der Waals surface area contributed by atoms with Crippen molar-refractivity contribution in [1.82, 2.24) is 0 Å². The van der Waals surface area contributed by atoms with Gasteiger partial charge in [-0.2, -0.15) is 0 Å². The van der Waals surface area contributed by atoms with Gasteiger partial charge in [0.15, 0.2) is 0 Å². The maximum Gasteiger partial charge on any atom is 0.268 e. The number of anilines is 1. The first-order chi connectivity index (χ1) is 11.6. The zero-order valence-corrected chi connectivity index (χ0v) is 14.4. The molecule has 1 aliphatic rings. The van der Waals surface area contributed by atoms with Gasteiger partial charge in [-0.25, -0.2) is 0 Å². The monoisotopic (exact) mass is 390 g/mol. The molecule has 124 valence electrons. The van der Waals surface area contributed by atoms with Gasteiger partial charge in [0.05, 0.1) is 18.5 Å². The van der Waals surface area contributed by atoms with Gasteiger partial charge >= 0.3 is 0 Å². The largest absolute Gasteiger partial charge is 0.506 e. The van der Waals surface area contributed by atoms with E-state index in [4.69, 9.17) is 9.57 Å². The van der Waals surface area contributed by atoms with Crippen LogP contribution in [0.1, 0.15) is 12.0 Å². The number of hydrogen-bond donors (Lipinski definition) is 2. The Balaban J connectivity index is 1.68. The maximum absolute atomic E-state index is 12.3. The fourth-order valence-electron chi connectivity index (χ4n) is 2.31. The Kier molecular flexibility index (Phi) is 4.71. The van der Waals surface area contributed by atoms with Gasteiger partial charge in [-0.3, -0.25) is 4.79 Å². The molecule has 0 aromatic heterocycles. The number of nitrogens with one attached hydrogen (secondary N) is 1. The van der Waals surface area contributed by atoms with Gasteiger partial charge < -0.3 is 20.0 Å². The first-order valence-corrected chi connectivity index (χ1v) is 8.02. The van der Waals surface area contributed by atoms with Crippen LogP contribution in [0.5, 0.6) is 11.5 Å². The standard InChI is InChI=1S/C17H15BrN2O4/c1-23-12-4-2-3-10(7-12)13-9-16(24-20-13)17(22)19-14-8-11(18)5-6-15(14)21/h2-8,16,21H,9H2,1H3,(H,19,22)/t16-/m0/s1. The Hall–Kier alpha value is -2.54. The van der Waals surface area contributed by atoms with E-state index in [2.05, 4.69) is 26.4 Å². The van der Waals surface area contributed by atoms with E-state index in [9.17, 15) is 9.90 Å². The SMILES string of the molecule is COc1cccc(C2=NO[C@H](C(=O)Nc3cc(Br)ccc3O)C2)c1. The van der Waals surface area contributed by atoms with Crippen molar-refractivity contribution in [3.63, 3.8) is 0 Å². The predicted molar refractivity (Wildman–Crippen MR) is 93.5 cm³/mol. The van der Waals surface area contributed by atoms with Gasteiger partial charge in [0.25, 0.3) is 5.91 Å². The fraction of sp³-hybridized carbons (Fsp3) is 0.176. The smallest absolute Gasteiger partial charge is 0.268 e. The summed E-state index contributed by atoms with van der Waals surface area (Å²) in [5.41, 5.74) is 1.83. The molecule has 2 N–H and O–H groups in total. The summed E-state index contributed by atoms with van der Waals surface area (Å²) in [4.78, 5) is 17.6. The lowest BCUT2D eigenvalue weighted by molar-refractivity contribution is -0.125. The summed E-state index contributed by atoms with van der Waals surface area (Å²) in [5.74, 6) is 0.325. The second-order valence-corrected chi connectivity index (χ2v) is 6.13. The molecule has 3 rings (SSSR count). The minimum atomic E-state index is -0.746. The lowest BCUT2D eigenvalue weighted by Gasteiger charge is -2.11. The van der Waals surface area contributed by atoms with E-state index in [0.29, 0.717) is 23.6 Å². The third kappa shape index (κ3) is 3.51. The number of rotatable bonds is 4. The number of nitrogens with zero attached hydrogens (tertiary/aromatic N) is 1. The van der Waals surface area contributed by atoms with E-state index in [1.54, 1.807) is 19.2 Å². The molecule has 0 aliphatic carbocycles. The highest BCUT2D eigenvalue weighted by molar-refractivity contribution is 9.10. The molecular weight excluding hydrogens is 376 g/mol. The van der Waals surface area contributed by atoms with Crippen molar-refractivity contribution in [2.24, 2.45) is 5.16 Å². The number of methoxy groups -OCH3 is 1. The Morgan fingerprint density at radius 1 is 1.38 bits per heavy atom. The Morgan fingerprint density at radius 3 is 3.00 bits per heavy atom. The molecule has 2 aromatic carbocycles. The molecule has 24 heavy (non-hydrogen) atoms. The minimum absolute atomic E-state index is 0.0153. The summed E-state index contributed by atoms with van der Waals surface area (Å²) in [6, 6.07) is 12.2. The minimum Gasteiger partial charge on any atom is -0.506 e. The number of amides is 1. The average molecular weight is 391 g/mol. The van der Waals surface area contributed by atoms with Gasteiger partial charge in [0.1, 0.15) is 11.5 Å². The lowest BCUT2D eigenvalue weighted by atomic mass is 10.0. The third-order valence-electron chi connectivity index (χ3n) is 3.58. The summed E-state index contributed by atoms with van der Waals surface area (Å²) < 4.78 is 5.93. The molecule has 0 bridgehead atoms. The highest BCUT2D eigenvalue weighted by Gasteiger charge is 2.29. The molecule has 7 heteroatoms. The molecule has 1 heterocycles. The third-order valence-corrected chi connectivity index (χ3v) is 4.07. The van der Waals surface area contributed by atoms with Crippen molar-refractivity contribution in [3.05, 3.63) is 52.5 Å². The van der Waals surface area contributed by atoms with E-state index in [1.807, 2.05) is 24.3 Å². The second-order valence-electron chi connectivity index (χ2n) is 5.22. The number of halogens is 1. The normalized spacial score (nSPS) is 16.2. The molecule has 1 amide bonds. The number of carbonyl (C=O) groups is 1. The van der Waals surface area contributed by atoms with E-state index in [0.717, 1.165) is 10.0 Å². The Bertz CT molecular complexity index is 807. The van der Waals surface area contributed by atoms with Crippen LogP contribution >= 0.6 is 15.9 Å². The number of phenolic OH excluding ortho intramolecular Hbond substituents is 1. The van der Waals surface area contributed by atoms with Gasteiger partial charge in [-0.05, 0) is 30.3 Å². The van der Waals surface area contributed by atoms with Crippen LogP contribution in [-0.4, -0.2) is 29.9 Å². The first-order valence-electron chi connectivity index (χ1n) is 7.23. The topological polar surface area (TPSA) is 80.2 Å². The molecule has 0 fully saturated rings. The van der Waals surface area contributed by atoms with Crippen LogP contribution in [-0.2, 0) is 9.63 Å². The number of benzene rings is 2. The van der Waals surface area contributed by atoms with Crippen LogP contribution in [0.3, 0.4) is 0 Å². The number of oxime groups is 1. The van der Waals surface area contributed by atoms with E-state index in [-0.39, 0.29) is 11.7 Å². The molecule has 6 nitrogen and oxygen atoms in total. The quantitative estimate of drug-likeness (QED) is 0.784. The molecule has 0 saturated heterocycles. The summed E-state index contributed by atoms with van der Waals surface area (Å²) in [6.45, 7) is 0. The van der Waals surface area contributed by atoms with E-state index >= 15 is 0 Å². The molecule has 0 radical (unpaired) electrons. The van der Waals surface area contributed by atoms with Gasteiger partial charge in [0.2, 0.25) is 6.10 Å². The fourth-order valence-corrected chi connectivity index (χ4v) is 2.67. The highest BCUT2D eigenvalue weighted by atomic mass is 79.9. The predicted octanol–water partition coefficient (Wildman–Crippen LogP) is 3.30. The average Bonchev–Trinajstić information content (AvgIpc) is 3.08. The van der Waals surface area contributed by atoms with E-state index in [1.165, 1.54) is 6.07 Å². The van der Waals surface area contributed by atoms with Crippen LogP contribution in [0.25, 0.3) is 0 Å². The van der Waals surface area contributed by atoms with Crippen LogP contribution in [0.15, 0.2) is 52.1 Å². The zero-order chi connectivity index (χ0) is 17.1. The van der Waals surface area contributed by atoms with Crippen LogP contribution < -0.4 is 10.1 Å². The summed E-state index contributed by atoms with van der Waals surface area (Å²) in [7, 11) is 1.59. The molecule has 1 aliphatic heterocycles. The maximum atomic E-state index is 12.3. The summed E-state index contributed by atoms with van der Waals surface area (Å²) in [6.07, 6.45) is -0.405. The molecule has 2 aromatic rings. The van der Waals surface area contributed by atoms with Crippen LogP contribution in [0.4, 0.5) is 5.69 Å². The van der Waals surface area contributed by atoms with Crippen molar-refractivity contribution >= 4 is 33.2 Å². The Morgan fingerprint density at radius 2 is 2.21 bits per heavy atom. The summed E-state index contributed by atoms with van der Waals surface area (Å²) in [5, 5.41) is 16.4. The Labute approximate surface area is 147 Å². The van der Waals surface area contributed by atoms with Gasteiger partial charge in [-0.15, -0.1) is 0 Å². The van der Waals surface area contributed by atoms with Gasteiger partial charge in [0, 0.05) is 16.5 Å². The number of hydrogen-bond acceptors (Lipinski definition) is 5. The van der Waals surface area contributed by atoms with Crippen molar-refractivity contribution in [3.8, 4) is 11.5 Å².